The van der Waals surface area contributed by atoms with Crippen LogP contribution in [0.1, 0.15) is 30.7 Å². The molecule has 0 radical (unpaired) electrons. The van der Waals surface area contributed by atoms with Crippen molar-refractivity contribution in [3.8, 4) is 0 Å². The molecular weight excluding hydrogens is 355 g/mol. The maximum Gasteiger partial charge on any atom is 0.416 e. The van der Waals surface area contributed by atoms with Gasteiger partial charge in [-0.2, -0.15) is 27.8 Å². The molecule has 3 rings (SSSR count). The lowest BCUT2D eigenvalue weighted by Crippen LogP contribution is -2.30. The molecule has 132 valence electrons. The number of hydrogen-bond acceptors (Lipinski definition) is 4. The number of nitrogens with zero attached hydrogens (tertiary/aromatic N) is 4. The summed E-state index contributed by atoms with van der Waals surface area (Å²) in [6, 6.07) is 5.11. The van der Waals surface area contributed by atoms with Gasteiger partial charge in [0.1, 0.15) is 12.1 Å². The Morgan fingerprint density at radius 1 is 1.16 bits per heavy atom. The molecule has 0 amide bonds. The molecule has 1 N–H and O–H groups in total. The SMILES string of the molecule is Cc1cc(NC(C)(C)c2ccc(C(F)(F)F)cc2Cl)n2ncnc2n1. The third kappa shape index (κ3) is 3.39. The minimum atomic E-state index is -4.44. The number of fused-ring (bicyclic) bond motifs is 1. The smallest absolute Gasteiger partial charge is 0.361 e. The van der Waals surface area contributed by atoms with Crippen LogP contribution in [0, 0.1) is 6.92 Å². The fourth-order valence-corrected chi connectivity index (χ4v) is 3.02. The number of aromatic nitrogens is 4. The van der Waals surface area contributed by atoms with E-state index in [9.17, 15) is 13.2 Å². The van der Waals surface area contributed by atoms with Crippen LogP contribution in [-0.4, -0.2) is 19.6 Å². The lowest BCUT2D eigenvalue weighted by Gasteiger charge is -2.29. The second kappa shape index (κ2) is 5.87. The molecule has 0 bridgehead atoms. The van der Waals surface area contributed by atoms with Crippen LogP contribution < -0.4 is 5.32 Å². The Morgan fingerprint density at radius 3 is 2.52 bits per heavy atom. The van der Waals surface area contributed by atoms with Crippen molar-refractivity contribution in [1.29, 1.82) is 0 Å². The van der Waals surface area contributed by atoms with Crippen LogP contribution in [0.3, 0.4) is 0 Å². The number of halogens is 4. The van der Waals surface area contributed by atoms with Crippen LogP contribution in [0.4, 0.5) is 19.0 Å². The summed E-state index contributed by atoms with van der Waals surface area (Å²) in [5.74, 6) is 1.04. The quantitative estimate of drug-likeness (QED) is 0.741. The minimum absolute atomic E-state index is 0.0351. The van der Waals surface area contributed by atoms with Crippen molar-refractivity contribution in [2.75, 3.05) is 5.32 Å². The fourth-order valence-electron chi connectivity index (χ4n) is 2.61. The molecule has 0 aliphatic heterocycles. The summed E-state index contributed by atoms with van der Waals surface area (Å²) in [4.78, 5) is 8.30. The van der Waals surface area contributed by atoms with E-state index in [1.54, 1.807) is 6.07 Å². The monoisotopic (exact) mass is 369 g/mol. The molecular formula is C16H15ClF3N5. The van der Waals surface area contributed by atoms with Gasteiger partial charge in [-0.1, -0.05) is 17.7 Å². The normalized spacial score (nSPS) is 12.6. The highest BCUT2D eigenvalue weighted by Gasteiger charge is 2.32. The first-order valence-corrected chi connectivity index (χ1v) is 7.78. The van der Waals surface area contributed by atoms with Crippen LogP contribution in [-0.2, 0) is 11.7 Å². The summed E-state index contributed by atoms with van der Waals surface area (Å²) in [6.07, 6.45) is -3.06. The molecule has 3 aromatic rings. The van der Waals surface area contributed by atoms with Gasteiger partial charge in [-0.3, -0.25) is 0 Å². The molecule has 0 aliphatic rings. The van der Waals surface area contributed by atoms with E-state index in [-0.39, 0.29) is 5.02 Å². The molecule has 0 spiro atoms. The van der Waals surface area contributed by atoms with Crippen LogP contribution in [0.25, 0.3) is 5.78 Å². The number of hydrogen-bond donors (Lipinski definition) is 1. The predicted octanol–water partition coefficient (Wildman–Crippen LogP) is 4.45. The predicted molar refractivity (Wildman–Crippen MR) is 88.6 cm³/mol. The molecule has 0 unspecified atom stereocenters. The second-order valence-corrected chi connectivity index (χ2v) is 6.60. The van der Waals surface area contributed by atoms with Gasteiger partial charge in [-0.05, 0) is 38.5 Å². The minimum Gasteiger partial charge on any atom is -0.361 e. The summed E-state index contributed by atoms with van der Waals surface area (Å²) in [6.45, 7) is 5.46. The van der Waals surface area contributed by atoms with Crippen LogP contribution >= 0.6 is 11.6 Å². The van der Waals surface area contributed by atoms with Crippen LogP contribution in [0.15, 0.2) is 30.6 Å². The van der Waals surface area contributed by atoms with Crippen molar-refractivity contribution >= 4 is 23.2 Å². The summed E-state index contributed by atoms with van der Waals surface area (Å²) in [7, 11) is 0. The zero-order chi connectivity index (χ0) is 18.4. The summed E-state index contributed by atoms with van der Waals surface area (Å²) >= 11 is 6.13. The Morgan fingerprint density at radius 2 is 1.88 bits per heavy atom. The second-order valence-electron chi connectivity index (χ2n) is 6.20. The Hall–Kier alpha value is -2.35. The van der Waals surface area contributed by atoms with E-state index >= 15 is 0 Å². The molecule has 2 heterocycles. The molecule has 0 aliphatic carbocycles. The van der Waals surface area contributed by atoms with Gasteiger partial charge in [0.25, 0.3) is 5.78 Å². The molecule has 0 saturated heterocycles. The third-order valence-corrected chi connectivity index (χ3v) is 4.10. The van der Waals surface area contributed by atoms with Gasteiger partial charge in [-0.15, -0.1) is 0 Å². The standard InChI is InChI=1S/C16H15ClF3N5/c1-9-6-13(25-14(23-9)21-8-22-25)24-15(2,3)11-5-4-10(7-12(11)17)16(18,19)20/h4-8,24H,1-3H3. The number of alkyl halides is 3. The molecule has 2 aromatic heterocycles. The Balaban J connectivity index is 2.00. The van der Waals surface area contributed by atoms with Gasteiger partial charge >= 0.3 is 6.18 Å². The van der Waals surface area contributed by atoms with Crippen molar-refractivity contribution in [2.24, 2.45) is 0 Å². The van der Waals surface area contributed by atoms with Crippen molar-refractivity contribution in [2.45, 2.75) is 32.5 Å². The van der Waals surface area contributed by atoms with Crippen LogP contribution in [0.5, 0.6) is 0 Å². The van der Waals surface area contributed by atoms with E-state index in [0.717, 1.165) is 17.8 Å². The van der Waals surface area contributed by atoms with Gasteiger partial charge in [0.15, 0.2) is 0 Å². The van der Waals surface area contributed by atoms with E-state index in [2.05, 4.69) is 20.4 Å². The maximum atomic E-state index is 12.8. The van der Waals surface area contributed by atoms with Gasteiger partial charge in [0.05, 0.1) is 11.1 Å². The lowest BCUT2D eigenvalue weighted by atomic mass is 9.93. The molecule has 5 nitrogen and oxygen atoms in total. The Kier molecular flexibility index (Phi) is 4.10. The third-order valence-electron chi connectivity index (χ3n) is 3.79. The van der Waals surface area contributed by atoms with E-state index in [4.69, 9.17) is 11.6 Å². The average molecular weight is 370 g/mol. The molecule has 25 heavy (non-hydrogen) atoms. The average Bonchev–Trinajstić information content (AvgIpc) is 2.93. The lowest BCUT2D eigenvalue weighted by molar-refractivity contribution is -0.137. The van der Waals surface area contributed by atoms with E-state index in [1.165, 1.54) is 16.9 Å². The maximum absolute atomic E-state index is 12.8. The molecule has 0 saturated carbocycles. The van der Waals surface area contributed by atoms with E-state index in [1.807, 2.05) is 20.8 Å². The Bertz CT molecular complexity index is 933. The van der Waals surface area contributed by atoms with Crippen molar-refractivity contribution < 1.29 is 13.2 Å². The number of nitrogens with one attached hydrogen (secondary N) is 1. The van der Waals surface area contributed by atoms with Gasteiger partial charge in [0, 0.05) is 16.8 Å². The largest absolute Gasteiger partial charge is 0.416 e. The first kappa shape index (κ1) is 17.5. The van der Waals surface area contributed by atoms with Crippen molar-refractivity contribution in [1.82, 2.24) is 19.6 Å². The van der Waals surface area contributed by atoms with Crippen LogP contribution in [0.2, 0.25) is 5.02 Å². The highest BCUT2D eigenvalue weighted by molar-refractivity contribution is 6.31. The number of aryl methyl sites for hydroxylation is 1. The van der Waals surface area contributed by atoms with Gasteiger partial charge < -0.3 is 5.32 Å². The number of rotatable bonds is 3. The zero-order valence-corrected chi connectivity index (χ0v) is 14.4. The molecule has 0 atom stereocenters. The number of benzene rings is 1. The summed E-state index contributed by atoms with van der Waals surface area (Å²) < 4.78 is 40.0. The topological polar surface area (TPSA) is 55.1 Å². The highest BCUT2D eigenvalue weighted by Crippen LogP contribution is 2.36. The highest BCUT2D eigenvalue weighted by atomic mass is 35.5. The van der Waals surface area contributed by atoms with Crippen molar-refractivity contribution in [3.63, 3.8) is 0 Å². The molecule has 0 fully saturated rings. The molecule has 9 heteroatoms. The first-order chi connectivity index (χ1) is 11.6. The summed E-state index contributed by atoms with van der Waals surface area (Å²) in [5.41, 5.74) is -0.272. The van der Waals surface area contributed by atoms with E-state index < -0.39 is 17.3 Å². The van der Waals surface area contributed by atoms with Gasteiger partial charge in [0.2, 0.25) is 0 Å². The fraction of sp³-hybridized carbons (Fsp3) is 0.312. The molecule has 1 aromatic carbocycles. The first-order valence-electron chi connectivity index (χ1n) is 7.41. The van der Waals surface area contributed by atoms with E-state index in [0.29, 0.717) is 17.2 Å². The Labute approximate surface area is 146 Å². The summed E-state index contributed by atoms with van der Waals surface area (Å²) in [5, 5.41) is 7.40. The van der Waals surface area contributed by atoms with Crippen molar-refractivity contribution in [3.05, 3.63) is 52.4 Å². The zero-order valence-electron chi connectivity index (χ0n) is 13.7. The van der Waals surface area contributed by atoms with Gasteiger partial charge in [-0.25, -0.2) is 4.98 Å². The number of anilines is 1.